The minimum absolute atomic E-state index is 0.0713. The molecule has 0 bridgehead atoms. The van der Waals surface area contributed by atoms with Gasteiger partial charge in [-0.1, -0.05) is 11.6 Å². The topological polar surface area (TPSA) is 32.7 Å². The van der Waals surface area contributed by atoms with E-state index in [2.05, 4.69) is 0 Å². The van der Waals surface area contributed by atoms with Gasteiger partial charge in [0, 0.05) is 23.2 Å². The Balaban J connectivity index is 2.86. The van der Waals surface area contributed by atoms with Crippen molar-refractivity contribution in [3.63, 3.8) is 0 Å². The van der Waals surface area contributed by atoms with Gasteiger partial charge in [-0.3, -0.25) is 4.90 Å². The van der Waals surface area contributed by atoms with Crippen LogP contribution in [0.5, 0.6) is 11.5 Å². The molecule has 1 N–H and O–H groups in total. The fraction of sp³-hybridized carbons (Fsp3) is 0.455. The molecule has 0 heterocycles. The minimum Gasteiger partial charge on any atom is -0.504 e. The largest absolute Gasteiger partial charge is 0.504 e. The van der Waals surface area contributed by atoms with E-state index in [1.54, 1.807) is 7.05 Å². The summed E-state index contributed by atoms with van der Waals surface area (Å²) in [6, 6.07) is 2.99. The van der Waals surface area contributed by atoms with Crippen LogP contribution in [0.15, 0.2) is 12.1 Å². The molecule has 1 aromatic rings. The Bertz CT molecular complexity index is 388. The fourth-order valence-electron chi connectivity index (χ4n) is 1.50. The van der Waals surface area contributed by atoms with Gasteiger partial charge >= 0.3 is 0 Å². The van der Waals surface area contributed by atoms with E-state index in [9.17, 15) is 13.9 Å². The lowest BCUT2D eigenvalue weighted by molar-refractivity contribution is 0.0971. The number of hydrogen-bond donors (Lipinski definition) is 1. The van der Waals surface area contributed by atoms with Gasteiger partial charge in [0.1, 0.15) is 0 Å². The van der Waals surface area contributed by atoms with Crippen molar-refractivity contribution in [1.82, 2.24) is 4.90 Å². The van der Waals surface area contributed by atoms with Crippen molar-refractivity contribution in [3.05, 3.63) is 22.7 Å². The Morgan fingerprint density at radius 1 is 1.47 bits per heavy atom. The quantitative estimate of drug-likeness (QED) is 0.889. The summed E-state index contributed by atoms with van der Waals surface area (Å²) in [5, 5.41) is 10.2. The van der Waals surface area contributed by atoms with Gasteiger partial charge in [-0.2, -0.15) is 0 Å². The Labute approximate surface area is 104 Å². The summed E-state index contributed by atoms with van der Waals surface area (Å²) in [5.41, 5.74) is 0.456. The van der Waals surface area contributed by atoms with E-state index >= 15 is 0 Å². The molecule has 6 heteroatoms. The van der Waals surface area contributed by atoms with Crippen LogP contribution in [-0.2, 0) is 6.54 Å². The lowest BCUT2D eigenvalue weighted by Gasteiger charge is -2.17. The summed E-state index contributed by atoms with van der Waals surface area (Å²) >= 11 is 5.83. The van der Waals surface area contributed by atoms with Crippen LogP contribution in [0.2, 0.25) is 5.02 Å². The number of phenols is 1. The number of ether oxygens (including phenoxy) is 1. The Kier molecular flexibility index (Phi) is 4.96. The third kappa shape index (κ3) is 4.02. The summed E-state index contributed by atoms with van der Waals surface area (Å²) in [6.07, 6.45) is -2.41. The smallest absolute Gasteiger partial charge is 0.251 e. The molecule has 0 spiro atoms. The highest BCUT2D eigenvalue weighted by Crippen LogP contribution is 2.33. The molecule has 0 radical (unpaired) electrons. The van der Waals surface area contributed by atoms with Gasteiger partial charge in [-0.05, 0) is 13.1 Å². The van der Waals surface area contributed by atoms with Crippen LogP contribution in [0.1, 0.15) is 5.56 Å². The standard InChI is InChI=1S/C11H14ClF2NO2/c1-15(6-10(13)14)5-7-3-8(12)4-9(17-2)11(7)16/h3-4,10,16H,5-6H2,1-2H3. The molecule has 0 aliphatic carbocycles. The number of aromatic hydroxyl groups is 1. The van der Waals surface area contributed by atoms with Crippen LogP contribution >= 0.6 is 11.6 Å². The monoisotopic (exact) mass is 265 g/mol. The molecule has 0 saturated carbocycles. The molecule has 3 nitrogen and oxygen atoms in total. The molecule has 1 rings (SSSR count). The van der Waals surface area contributed by atoms with Crippen LogP contribution in [0.3, 0.4) is 0 Å². The normalized spacial score (nSPS) is 11.2. The predicted octanol–water partition coefficient (Wildman–Crippen LogP) is 2.75. The van der Waals surface area contributed by atoms with Crippen molar-refractivity contribution in [2.75, 3.05) is 20.7 Å². The first kappa shape index (κ1) is 14.0. The lowest BCUT2D eigenvalue weighted by atomic mass is 10.1. The van der Waals surface area contributed by atoms with Crippen molar-refractivity contribution in [1.29, 1.82) is 0 Å². The number of phenolic OH excluding ortho intramolecular Hbond substituents is 1. The van der Waals surface area contributed by atoms with Gasteiger partial charge in [0.15, 0.2) is 11.5 Å². The van der Waals surface area contributed by atoms with Crippen LogP contribution in [0.4, 0.5) is 8.78 Å². The molecule has 0 aliphatic heterocycles. The second kappa shape index (κ2) is 6.02. The Morgan fingerprint density at radius 2 is 2.12 bits per heavy atom. The number of halogens is 3. The number of rotatable bonds is 5. The van der Waals surface area contributed by atoms with E-state index in [0.29, 0.717) is 10.6 Å². The molecule has 0 saturated heterocycles. The molecular weight excluding hydrogens is 252 g/mol. The average molecular weight is 266 g/mol. The molecule has 0 fully saturated rings. The highest BCUT2D eigenvalue weighted by molar-refractivity contribution is 6.30. The fourth-order valence-corrected chi connectivity index (χ4v) is 1.73. The zero-order valence-electron chi connectivity index (χ0n) is 9.58. The van der Waals surface area contributed by atoms with E-state index in [-0.39, 0.29) is 24.6 Å². The highest BCUT2D eigenvalue weighted by atomic mass is 35.5. The van der Waals surface area contributed by atoms with Gasteiger partial charge in [0.25, 0.3) is 6.43 Å². The zero-order chi connectivity index (χ0) is 13.0. The molecule has 1 aromatic carbocycles. The Hall–Kier alpha value is -1.07. The SMILES string of the molecule is COc1cc(Cl)cc(CN(C)CC(F)F)c1O. The van der Waals surface area contributed by atoms with Crippen LogP contribution in [-0.4, -0.2) is 37.1 Å². The predicted molar refractivity (Wildman–Crippen MR) is 62.0 cm³/mol. The highest BCUT2D eigenvalue weighted by Gasteiger charge is 2.14. The van der Waals surface area contributed by atoms with E-state index < -0.39 is 6.43 Å². The summed E-state index contributed by atoms with van der Waals surface area (Å²) in [7, 11) is 2.94. The molecular formula is C11H14ClF2NO2. The van der Waals surface area contributed by atoms with Crippen LogP contribution in [0.25, 0.3) is 0 Å². The number of benzene rings is 1. The maximum absolute atomic E-state index is 12.2. The van der Waals surface area contributed by atoms with E-state index in [4.69, 9.17) is 16.3 Å². The van der Waals surface area contributed by atoms with Crippen molar-refractivity contribution in [3.8, 4) is 11.5 Å². The third-order valence-corrected chi connectivity index (χ3v) is 2.45. The molecule has 17 heavy (non-hydrogen) atoms. The molecule has 0 amide bonds. The van der Waals surface area contributed by atoms with Gasteiger partial charge < -0.3 is 9.84 Å². The van der Waals surface area contributed by atoms with Gasteiger partial charge in [0.2, 0.25) is 0 Å². The maximum atomic E-state index is 12.2. The Morgan fingerprint density at radius 3 is 2.65 bits per heavy atom. The van der Waals surface area contributed by atoms with Crippen LogP contribution < -0.4 is 4.74 Å². The summed E-state index contributed by atoms with van der Waals surface area (Å²) in [6.45, 7) is -0.193. The molecule has 96 valence electrons. The molecule has 0 aliphatic rings. The van der Waals surface area contributed by atoms with Crippen molar-refractivity contribution in [2.24, 2.45) is 0 Å². The maximum Gasteiger partial charge on any atom is 0.251 e. The lowest BCUT2D eigenvalue weighted by Crippen LogP contribution is -2.24. The number of methoxy groups -OCH3 is 1. The van der Waals surface area contributed by atoms with Gasteiger partial charge in [-0.15, -0.1) is 0 Å². The van der Waals surface area contributed by atoms with Crippen molar-refractivity contribution in [2.45, 2.75) is 13.0 Å². The van der Waals surface area contributed by atoms with E-state index in [1.807, 2.05) is 0 Å². The van der Waals surface area contributed by atoms with Gasteiger partial charge in [-0.25, -0.2) is 8.78 Å². The first-order valence-corrected chi connectivity index (χ1v) is 5.34. The minimum atomic E-state index is -2.41. The summed E-state index contributed by atoms with van der Waals surface area (Å²) < 4.78 is 29.2. The van der Waals surface area contributed by atoms with E-state index in [0.717, 1.165) is 0 Å². The van der Waals surface area contributed by atoms with Crippen LogP contribution in [0, 0.1) is 0 Å². The molecule has 0 atom stereocenters. The molecule has 0 aromatic heterocycles. The molecule has 0 unspecified atom stereocenters. The van der Waals surface area contributed by atoms with Gasteiger partial charge in [0.05, 0.1) is 13.7 Å². The van der Waals surface area contributed by atoms with E-state index in [1.165, 1.54) is 24.1 Å². The number of hydrogen-bond acceptors (Lipinski definition) is 3. The first-order valence-electron chi connectivity index (χ1n) is 4.96. The zero-order valence-corrected chi connectivity index (χ0v) is 10.3. The van der Waals surface area contributed by atoms with Crippen molar-refractivity contribution >= 4 is 11.6 Å². The third-order valence-electron chi connectivity index (χ3n) is 2.23. The average Bonchev–Trinajstić information content (AvgIpc) is 2.21. The second-order valence-electron chi connectivity index (χ2n) is 3.70. The first-order chi connectivity index (χ1) is 7.93. The second-order valence-corrected chi connectivity index (χ2v) is 4.14. The summed E-state index contributed by atoms with van der Waals surface area (Å²) in [4.78, 5) is 1.40. The van der Waals surface area contributed by atoms with Crippen molar-refractivity contribution < 1.29 is 18.6 Å². The number of alkyl halides is 2. The number of nitrogens with zero attached hydrogens (tertiary/aromatic N) is 1. The summed E-state index contributed by atoms with van der Waals surface area (Å²) in [5.74, 6) is 0.163.